The lowest BCUT2D eigenvalue weighted by atomic mass is 9.79. The van der Waals surface area contributed by atoms with Gasteiger partial charge in [0.05, 0.1) is 0 Å². The highest BCUT2D eigenvalue weighted by atomic mass is 16.5. The molecule has 0 saturated carbocycles. The van der Waals surface area contributed by atoms with Gasteiger partial charge in [0.2, 0.25) is 0 Å². The minimum Gasteiger partial charge on any atom is -0.507 e. The Hall–Kier alpha value is -8.62. The molecule has 4 aliphatic rings. The fourth-order valence-corrected chi connectivity index (χ4v) is 14.7. The maximum Gasteiger partial charge on any atom is 0.126 e. The van der Waals surface area contributed by atoms with Crippen molar-refractivity contribution < 1.29 is 40.1 Å². The van der Waals surface area contributed by atoms with Crippen LogP contribution in [0.5, 0.6) is 46.0 Å². The molecular weight excluding hydrogens is 1280 g/mol. The van der Waals surface area contributed by atoms with Crippen LogP contribution in [0.15, 0.2) is 121 Å². The Bertz CT molecular complexity index is 4250. The summed E-state index contributed by atoms with van der Waals surface area (Å²) in [6, 6.07) is 42.7. The van der Waals surface area contributed by atoms with Gasteiger partial charge in [-0.05, 0) is 188 Å². The lowest BCUT2D eigenvalue weighted by molar-refractivity contribution is 0.296. The molecule has 104 heavy (non-hydrogen) atoms. The van der Waals surface area contributed by atoms with Crippen molar-refractivity contribution in [3.63, 3.8) is 0 Å². The zero-order valence-electron chi connectivity index (χ0n) is 67.1. The Labute approximate surface area is 622 Å². The molecule has 0 radical (unpaired) electrons. The number of phenolic OH excluding ortho intramolecular Hbond substituents is 6. The van der Waals surface area contributed by atoms with Gasteiger partial charge in [0.15, 0.2) is 0 Å². The molecule has 0 unspecified atom stereocenters. The molecule has 4 heterocycles. The molecule has 8 nitrogen and oxygen atoms in total. The molecule has 0 atom stereocenters. The molecule has 0 aromatic heterocycles. The third-order valence-electron chi connectivity index (χ3n) is 21.9. The summed E-state index contributed by atoms with van der Waals surface area (Å²) in [4.78, 5) is 0. The van der Waals surface area contributed by atoms with E-state index in [-0.39, 0.29) is 117 Å². The first-order chi connectivity index (χ1) is 48.0. The van der Waals surface area contributed by atoms with Crippen LogP contribution in [0.1, 0.15) is 311 Å². The number of hydrogen-bond donors (Lipinski definition) is 6. The van der Waals surface area contributed by atoms with Crippen LogP contribution in [-0.2, 0) is 108 Å². The normalized spacial score (nSPS) is 14.5. The van der Waals surface area contributed by atoms with Crippen molar-refractivity contribution in [1.82, 2.24) is 0 Å². The minimum absolute atomic E-state index is 0.116. The van der Waals surface area contributed by atoms with Crippen LogP contribution in [-0.4, -0.2) is 30.6 Å². The van der Waals surface area contributed by atoms with Crippen LogP contribution in [0, 0.1) is 0 Å². The molecule has 0 fully saturated rings. The molecule has 9 aromatic carbocycles. The van der Waals surface area contributed by atoms with E-state index < -0.39 is 0 Å². The van der Waals surface area contributed by atoms with Crippen LogP contribution in [0.2, 0.25) is 0 Å². The van der Waals surface area contributed by atoms with E-state index in [0.29, 0.717) is 81.7 Å². The van der Waals surface area contributed by atoms with Crippen molar-refractivity contribution in [2.45, 2.75) is 274 Å². The Morgan fingerprint density at radius 2 is 0.308 bits per heavy atom. The molecule has 0 amide bonds. The number of aromatic hydroxyl groups is 6. The van der Waals surface area contributed by atoms with Gasteiger partial charge in [0.1, 0.15) is 59.2 Å². The maximum atomic E-state index is 13.2. The molecule has 550 valence electrons. The SMILES string of the molecule is CC(C)(C)c1cc2c(O)c(c1)Cc1cc(C(C)(C)C)cc(c1O)Cc1cc(C(C)(C)C)cc3c1OCc1ccc(cc1)COc1c(cc(C(C)(C)C)cc1Cc1cc(C(C)(C)C)cc(c1O)Cc1cc(C(C)(C)C)cc(c1O)Cc1cc(C(C)(C)C)cc(c1O)C3)Cc1cc(C(C)(C)C)cc(c1O)C2. The van der Waals surface area contributed by atoms with E-state index in [2.05, 4.69) is 287 Å². The quantitative estimate of drug-likeness (QED) is 0.0882. The maximum absolute atomic E-state index is 13.2. The van der Waals surface area contributed by atoms with Gasteiger partial charge in [-0.3, -0.25) is 0 Å². The molecule has 6 N–H and O–H groups in total. The van der Waals surface area contributed by atoms with Gasteiger partial charge in [-0.2, -0.15) is 0 Å². The van der Waals surface area contributed by atoms with Crippen molar-refractivity contribution in [3.8, 4) is 46.0 Å². The van der Waals surface area contributed by atoms with Crippen LogP contribution in [0.3, 0.4) is 0 Å². The molecule has 16 bridgehead atoms. The second kappa shape index (κ2) is 27.4. The summed E-state index contributed by atoms with van der Waals surface area (Å²) in [5, 5.41) is 78.8. The summed E-state index contributed by atoms with van der Waals surface area (Å²) in [5.41, 5.74) is 19.1. The van der Waals surface area contributed by atoms with Crippen LogP contribution < -0.4 is 9.47 Å². The van der Waals surface area contributed by atoms with Crippen molar-refractivity contribution in [2.24, 2.45) is 0 Å². The fraction of sp³-hybridized carbons (Fsp3) is 0.438. The highest BCUT2D eigenvalue weighted by Gasteiger charge is 2.32. The summed E-state index contributed by atoms with van der Waals surface area (Å²) >= 11 is 0. The fourth-order valence-electron chi connectivity index (χ4n) is 14.7. The Morgan fingerprint density at radius 1 is 0.192 bits per heavy atom. The Balaban J connectivity index is 1.27. The molecule has 4 aliphatic heterocycles. The van der Waals surface area contributed by atoms with Gasteiger partial charge in [0, 0.05) is 51.4 Å². The number of ether oxygens (including phenoxy) is 2. The molecular formula is C96H118O8. The Kier molecular flexibility index (Phi) is 20.1. The van der Waals surface area contributed by atoms with E-state index in [4.69, 9.17) is 9.47 Å². The minimum atomic E-state index is -0.352. The Morgan fingerprint density at radius 3 is 0.433 bits per heavy atom. The first-order valence-electron chi connectivity index (χ1n) is 37.8. The van der Waals surface area contributed by atoms with E-state index in [9.17, 15) is 30.6 Å². The third kappa shape index (κ3) is 16.6. The average molecular weight is 1400 g/mol. The summed E-state index contributed by atoms with van der Waals surface area (Å²) in [6.45, 7) is 53.1. The summed E-state index contributed by atoms with van der Waals surface area (Å²) in [6.07, 6.45) is 2.05. The monoisotopic (exact) mass is 1400 g/mol. The van der Waals surface area contributed by atoms with Crippen molar-refractivity contribution >= 4 is 0 Å². The van der Waals surface area contributed by atoms with Crippen LogP contribution in [0.4, 0.5) is 0 Å². The smallest absolute Gasteiger partial charge is 0.126 e. The van der Waals surface area contributed by atoms with Crippen molar-refractivity contribution in [2.75, 3.05) is 0 Å². The zero-order chi connectivity index (χ0) is 76.3. The first kappa shape index (κ1) is 76.5. The largest absolute Gasteiger partial charge is 0.507 e. The van der Waals surface area contributed by atoms with E-state index in [1.807, 2.05) is 0 Å². The van der Waals surface area contributed by atoms with Crippen LogP contribution >= 0.6 is 0 Å². The summed E-state index contributed by atoms with van der Waals surface area (Å²) in [7, 11) is 0. The van der Waals surface area contributed by atoms with Crippen LogP contribution in [0.25, 0.3) is 0 Å². The molecule has 0 spiro atoms. The molecule has 0 saturated heterocycles. The highest BCUT2D eigenvalue weighted by Crippen LogP contribution is 2.48. The van der Waals surface area contributed by atoms with E-state index in [1.165, 1.54) is 0 Å². The first-order valence-corrected chi connectivity index (χ1v) is 37.8. The lowest BCUT2D eigenvalue weighted by Crippen LogP contribution is -2.16. The third-order valence-corrected chi connectivity index (χ3v) is 21.9. The number of rotatable bonds is 0. The standard InChI is InChI=1S/C96H118O8/c1-89(2,3)73-37-57-29-61-41-75(91(7,8)9)45-65(83(61)99)33-69-49-79(95(19,20)21)51-71-35-67-47-77(93(13,14)15)43-63(85(67)101)31-59-39-74(90(4,5)6)40-60(82(59)98)32-64-44-78(94(16,17)18)48-68(86(64)102)36-72-52-80(96(22,23)24)50-70(88(72)104-54-56-27-25-55(26-28-56)53-103-87(69)71)34-66-46-76(92(10,11)12)42-62(84(66)100)30-58(38-73)81(57)97/h25-28,37-52,97-102H,29-36,53-54H2,1-24H3. The molecule has 13 rings (SSSR count). The number of benzene rings is 9. The number of phenols is 6. The summed E-state index contributed by atoms with van der Waals surface area (Å²) in [5.74, 6) is 2.12. The van der Waals surface area contributed by atoms with Crippen molar-refractivity contribution in [3.05, 3.63) is 266 Å². The van der Waals surface area contributed by atoms with Gasteiger partial charge in [-0.1, -0.05) is 287 Å². The topological polar surface area (TPSA) is 140 Å². The van der Waals surface area contributed by atoms with Gasteiger partial charge in [-0.25, -0.2) is 0 Å². The molecule has 9 aromatic rings. The van der Waals surface area contributed by atoms with E-state index in [0.717, 1.165) is 100 Å². The zero-order valence-corrected chi connectivity index (χ0v) is 67.1. The van der Waals surface area contributed by atoms with E-state index in [1.54, 1.807) is 0 Å². The van der Waals surface area contributed by atoms with Gasteiger partial charge in [-0.15, -0.1) is 0 Å². The van der Waals surface area contributed by atoms with Gasteiger partial charge in [0.25, 0.3) is 0 Å². The predicted molar refractivity (Wildman–Crippen MR) is 429 cm³/mol. The van der Waals surface area contributed by atoms with Crippen molar-refractivity contribution in [1.29, 1.82) is 0 Å². The second-order valence-electron chi connectivity index (χ2n) is 38.9. The summed E-state index contributed by atoms with van der Waals surface area (Å²) < 4.78 is 14.8. The number of hydrogen-bond acceptors (Lipinski definition) is 8. The van der Waals surface area contributed by atoms with Gasteiger partial charge < -0.3 is 40.1 Å². The molecule has 8 heteroatoms. The predicted octanol–water partition coefficient (Wildman–Crippen LogP) is 22.8. The van der Waals surface area contributed by atoms with Gasteiger partial charge >= 0.3 is 0 Å². The van der Waals surface area contributed by atoms with E-state index >= 15 is 0 Å². The second-order valence-corrected chi connectivity index (χ2v) is 38.9. The lowest BCUT2D eigenvalue weighted by Gasteiger charge is -2.27. The average Bonchev–Trinajstić information content (AvgIpc) is 0.781. The molecule has 0 aliphatic carbocycles. The highest BCUT2D eigenvalue weighted by molar-refractivity contribution is 5.63.